The minimum Gasteiger partial charge on any atom is -0.497 e. The van der Waals surface area contributed by atoms with Crippen molar-refractivity contribution in [3.63, 3.8) is 0 Å². The number of carbonyl (C=O) groups excluding carboxylic acids is 1. The lowest BCUT2D eigenvalue weighted by molar-refractivity contribution is -0.143. The summed E-state index contributed by atoms with van der Waals surface area (Å²) in [7, 11) is -1.16. The van der Waals surface area contributed by atoms with Crippen molar-refractivity contribution in [2.45, 2.75) is 24.3 Å². The average Bonchev–Trinajstić information content (AvgIpc) is 2.67. The molecular formula is C19H22ClNO6S. The maximum absolute atomic E-state index is 13.0. The Bertz CT molecular complexity index is 915. The second kappa shape index (κ2) is 9.77. The van der Waals surface area contributed by atoms with Crippen molar-refractivity contribution in [1.82, 2.24) is 4.72 Å². The molecule has 0 aliphatic rings. The van der Waals surface area contributed by atoms with E-state index in [1.54, 1.807) is 31.2 Å². The zero-order chi connectivity index (χ0) is 20.7. The number of hydrogen-bond acceptors (Lipinski definition) is 6. The Morgan fingerprint density at radius 2 is 1.79 bits per heavy atom. The van der Waals surface area contributed by atoms with Gasteiger partial charge in [0.25, 0.3) is 0 Å². The summed E-state index contributed by atoms with van der Waals surface area (Å²) in [5.41, 5.74) is 0.582. The number of benzene rings is 2. The Balaban J connectivity index is 2.39. The smallest absolute Gasteiger partial charge is 0.307 e. The van der Waals surface area contributed by atoms with E-state index in [2.05, 4.69) is 4.72 Å². The van der Waals surface area contributed by atoms with E-state index < -0.39 is 22.0 Å². The molecule has 0 heterocycles. The van der Waals surface area contributed by atoms with Gasteiger partial charge in [0.05, 0.1) is 33.3 Å². The average molecular weight is 428 g/mol. The van der Waals surface area contributed by atoms with Gasteiger partial charge >= 0.3 is 5.97 Å². The maximum Gasteiger partial charge on any atom is 0.307 e. The number of carbonyl (C=O) groups is 1. The van der Waals surface area contributed by atoms with Gasteiger partial charge in [-0.05, 0) is 42.8 Å². The number of nitrogens with one attached hydrogen (secondary N) is 1. The Kier molecular flexibility index (Phi) is 7.68. The molecule has 9 heteroatoms. The predicted molar refractivity (Wildman–Crippen MR) is 105 cm³/mol. The van der Waals surface area contributed by atoms with E-state index in [4.69, 9.17) is 25.8 Å². The highest BCUT2D eigenvalue weighted by Crippen LogP contribution is 2.29. The molecule has 2 aromatic carbocycles. The third-order valence-electron chi connectivity index (χ3n) is 3.91. The quantitative estimate of drug-likeness (QED) is 0.617. The summed E-state index contributed by atoms with van der Waals surface area (Å²) in [5.74, 6) is 0.226. The van der Waals surface area contributed by atoms with Crippen LogP contribution in [-0.2, 0) is 19.6 Å². The van der Waals surface area contributed by atoms with Gasteiger partial charge in [0.15, 0.2) is 0 Å². The molecule has 0 aromatic heterocycles. The van der Waals surface area contributed by atoms with Crippen LogP contribution in [0.3, 0.4) is 0 Å². The fourth-order valence-electron chi connectivity index (χ4n) is 2.56. The molecule has 2 rings (SSSR count). The highest BCUT2D eigenvalue weighted by Gasteiger charge is 2.27. The van der Waals surface area contributed by atoms with Crippen LogP contribution in [0.1, 0.15) is 24.9 Å². The molecule has 2 aromatic rings. The summed E-state index contributed by atoms with van der Waals surface area (Å²) in [6, 6.07) is 10.2. The van der Waals surface area contributed by atoms with Crippen molar-refractivity contribution in [3.05, 3.63) is 53.1 Å². The number of methoxy groups -OCH3 is 2. The number of ether oxygens (including phenoxy) is 3. The lowest BCUT2D eigenvalue weighted by atomic mass is 10.0. The molecule has 0 aliphatic carbocycles. The topological polar surface area (TPSA) is 90.9 Å². The number of esters is 1. The molecule has 0 amide bonds. The number of sulfonamides is 1. The predicted octanol–water partition coefficient (Wildman–Crippen LogP) is 3.33. The van der Waals surface area contributed by atoms with Gasteiger partial charge in [-0.25, -0.2) is 13.1 Å². The van der Waals surface area contributed by atoms with Crippen LogP contribution in [-0.4, -0.2) is 35.2 Å². The highest BCUT2D eigenvalue weighted by molar-refractivity contribution is 7.89. The van der Waals surface area contributed by atoms with E-state index >= 15 is 0 Å². The van der Waals surface area contributed by atoms with Crippen LogP contribution < -0.4 is 14.2 Å². The molecule has 1 N–H and O–H groups in total. The molecule has 0 fully saturated rings. The second-order valence-corrected chi connectivity index (χ2v) is 7.87. The third kappa shape index (κ3) is 5.60. The van der Waals surface area contributed by atoms with Gasteiger partial charge in [0.2, 0.25) is 10.0 Å². The lowest BCUT2D eigenvalue weighted by Crippen LogP contribution is -2.31. The molecule has 7 nitrogen and oxygen atoms in total. The summed E-state index contributed by atoms with van der Waals surface area (Å²) < 4.78 is 43.8. The largest absolute Gasteiger partial charge is 0.497 e. The molecule has 1 atom stereocenters. The summed E-state index contributed by atoms with van der Waals surface area (Å²) in [5, 5.41) is 0.243. The van der Waals surface area contributed by atoms with Gasteiger partial charge in [-0.1, -0.05) is 23.7 Å². The molecule has 0 unspecified atom stereocenters. The Morgan fingerprint density at radius 3 is 2.36 bits per heavy atom. The minimum absolute atomic E-state index is 0.120. The number of halogens is 1. The first-order chi connectivity index (χ1) is 13.3. The van der Waals surface area contributed by atoms with Crippen LogP contribution in [0.5, 0.6) is 11.5 Å². The van der Waals surface area contributed by atoms with E-state index in [1.165, 1.54) is 32.4 Å². The lowest BCUT2D eigenvalue weighted by Gasteiger charge is -2.20. The summed E-state index contributed by atoms with van der Waals surface area (Å²) in [4.78, 5) is 11.9. The molecule has 28 heavy (non-hydrogen) atoms. The van der Waals surface area contributed by atoms with Gasteiger partial charge in [0, 0.05) is 5.02 Å². The number of rotatable bonds is 9. The van der Waals surface area contributed by atoms with E-state index in [0.29, 0.717) is 11.3 Å². The second-order valence-electron chi connectivity index (χ2n) is 5.75. The summed E-state index contributed by atoms with van der Waals surface area (Å²) in [6.07, 6.45) is -0.178. The molecule has 0 saturated heterocycles. The fourth-order valence-corrected chi connectivity index (χ4v) is 4.22. The minimum atomic E-state index is -4.05. The van der Waals surface area contributed by atoms with Gasteiger partial charge < -0.3 is 14.2 Å². The Labute approximate surface area is 169 Å². The van der Waals surface area contributed by atoms with Crippen molar-refractivity contribution >= 4 is 27.6 Å². The van der Waals surface area contributed by atoms with Crippen LogP contribution in [0, 0.1) is 0 Å². The van der Waals surface area contributed by atoms with Gasteiger partial charge in [0.1, 0.15) is 16.4 Å². The van der Waals surface area contributed by atoms with Crippen molar-refractivity contribution in [2.24, 2.45) is 0 Å². The van der Waals surface area contributed by atoms with Crippen LogP contribution >= 0.6 is 11.6 Å². The van der Waals surface area contributed by atoms with Gasteiger partial charge in [-0.2, -0.15) is 0 Å². The summed E-state index contributed by atoms with van der Waals surface area (Å²) >= 11 is 5.96. The first kappa shape index (κ1) is 22.0. The monoisotopic (exact) mass is 427 g/mol. The Hall–Kier alpha value is -2.29. The van der Waals surface area contributed by atoms with Crippen LogP contribution in [0.25, 0.3) is 0 Å². The van der Waals surface area contributed by atoms with Gasteiger partial charge in [-0.15, -0.1) is 0 Å². The zero-order valence-electron chi connectivity index (χ0n) is 15.8. The van der Waals surface area contributed by atoms with Crippen molar-refractivity contribution in [2.75, 3.05) is 20.8 Å². The molecule has 0 bridgehead atoms. The third-order valence-corrected chi connectivity index (χ3v) is 5.63. The number of hydrogen-bond donors (Lipinski definition) is 1. The molecule has 0 spiro atoms. The van der Waals surface area contributed by atoms with Crippen molar-refractivity contribution in [3.8, 4) is 11.5 Å². The molecular weight excluding hydrogens is 406 g/mol. The van der Waals surface area contributed by atoms with Crippen LogP contribution in [0.4, 0.5) is 0 Å². The van der Waals surface area contributed by atoms with Crippen molar-refractivity contribution < 1.29 is 27.4 Å². The standard InChI is InChI=1S/C19H22ClNO6S/c1-4-27-19(22)12-16(13-5-8-15(25-2)9-6-13)21-28(23,24)18-11-14(20)7-10-17(18)26-3/h5-11,16,21H,4,12H2,1-3H3/t16-/m0/s1. The molecule has 0 saturated carbocycles. The Morgan fingerprint density at radius 1 is 1.11 bits per heavy atom. The normalized spacial score (nSPS) is 12.3. The van der Waals surface area contributed by atoms with Gasteiger partial charge in [-0.3, -0.25) is 4.79 Å². The van der Waals surface area contributed by atoms with E-state index in [-0.39, 0.29) is 28.7 Å². The van der Waals surface area contributed by atoms with Crippen LogP contribution in [0.15, 0.2) is 47.4 Å². The highest BCUT2D eigenvalue weighted by atomic mass is 35.5. The van der Waals surface area contributed by atoms with E-state index in [9.17, 15) is 13.2 Å². The van der Waals surface area contributed by atoms with Crippen molar-refractivity contribution in [1.29, 1.82) is 0 Å². The molecule has 152 valence electrons. The fraction of sp³-hybridized carbons (Fsp3) is 0.316. The molecule has 0 radical (unpaired) electrons. The first-order valence-corrected chi connectivity index (χ1v) is 10.3. The molecule has 0 aliphatic heterocycles. The maximum atomic E-state index is 13.0. The van der Waals surface area contributed by atoms with E-state index in [1.807, 2.05) is 0 Å². The first-order valence-electron chi connectivity index (χ1n) is 8.46. The zero-order valence-corrected chi connectivity index (χ0v) is 17.3. The summed E-state index contributed by atoms with van der Waals surface area (Å²) in [6.45, 7) is 1.88. The van der Waals surface area contributed by atoms with E-state index in [0.717, 1.165) is 0 Å². The van der Waals surface area contributed by atoms with Crippen LogP contribution in [0.2, 0.25) is 5.02 Å². The SMILES string of the molecule is CCOC(=O)C[C@H](NS(=O)(=O)c1cc(Cl)ccc1OC)c1ccc(OC)cc1.